The van der Waals surface area contributed by atoms with Gasteiger partial charge in [0.2, 0.25) is 5.91 Å². The van der Waals surface area contributed by atoms with Crippen LogP contribution >= 0.6 is 0 Å². The van der Waals surface area contributed by atoms with E-state index in [0.29, 0.717) is 24.5 Å². The second-order valence-electron chi connectivity index (χ2n) is 7.70. The van der Waals surface area contributed by atoms with Gasteiger partial charge in [-0.1, -0.05) is 19.1 Å². The number of carbonyl (C=O) groups excluding carboxylic acids is 1. The number of nitrogens with zero attached hydrogens (tertiary/aromatic N) is 2. The molecule has 3 aliphatic rings. The molecule has 0 spiro atoms. The Bertz CT molecular complexity index is 733. The molecule has 0 radical (unpaired) electrons. The third-order valence-electron chi connectivity index (χ3n) is 5.69. The van der Waals surface area contributed by atoms with Gasteiger partial charge in [-0.3, -0.25) is 9.79 Å². The van der Waals surface area contributed by atoms with E-state index in [1.165, 1.54) is 35.9 Å². The van der Waals surface area contributed by atoms with Crippen molar-refractivity contribution < 1.29 is 9.53 Å². The van der Waals surface area contributed by atoms with Gasteiger partial charge in [0.05, 0.1) is 19.6 Å². The zero-order valence-corrected chi connectivity index (χ0v) is 16.6. The van der Waals surface area contributed by atoms with Crippen molar-refractivity contribution in [1.29, 1.82) is 0 Å². The Kier molecular flexibility index (Phi) is 6.32. The lowest BCUT2D eigenvalue weighted by Crippen LogP contribution is -2.48. The van der Waals surface area contributed by atoms with E-state index in [2.05, 4.69) is 41.1 Å². The van der Waals surface area contributed by atoms with Crippen LogP contribution in [-0.4, -0.2) is 38.5 Å². The van der Waals surface area contributed by atoms with Crippen molar-refractivity contribution in [3.05, 3.63) is 35.4 Å². The van der Waals surface area contributed by atoms with Crippen LogP contribution in [-0.2, 0) is 16.0 Å². The van der Waals surface area contributed by atoms with Gasteiger partial charge in [-0.2, -0.15) is 0 Å². The number of benzene rings is 1. The Morgan fingerprint density at radius 1 is 1.37 bits per heavy atom. The molecule has 1 fully saturated rings. The standard InChI is InChI=1S/C20H25NO2.C2H6N2/c1-13-11-18-12-17(15-7-9-23-10-8-15)5-6-19(18)21(14(2)22)20(13)16-3-4-16;1-4-2-3/h5-7,12-13,16,20H,3-4,8-11H2,1-2H3;2H,1H3,(H2,3,4)/t13?,20-;/m1./s1. The molecule has 2 N–H and O–H groups in total. The molecule has 0 aromatic heterocycles. The first-order valence-electron chi connectivity index (χ1n) is 9.89. The van der Waals surface area contributed by atoms with Crippen LogP contribution in [0.5, 0.6) is 0 Å². The maximum absolute atomic E-state index is 12.3. The van der Waals surface area contributed by atoms with Gasteiger partial charge in [-0.05, 0) is 66.4 Å². The number of rotatable bonds is 2. The number of amides is 1. The van der Waals surface area contributed by atoms with Crippen LogP contribution in [0.4, 0.5) is 5.69 Å². The Hall–Kier alpha value is -2.14. The summed E-state index contributed by atoms with van der Waals surface area (Å²) in [6.07, 6.45) is 8.05. The summed E-state index contributed by atoms with van der Waals surface area (Å²) < 4.78 is 5.42. The fourth-order valence-electron chi connectivity index (χ4n) is 4.35. The lowest BCUT2D eigenvalue weighted by molar-refractivity contribution is -0.117. The van der Waals surface area contributed by atoms with E-state index in [1.807, 2.05) is 0 Å². The van der Waals surface area contributed by atoms with E-state index in [9.17, 15) is 4.79 Å². The zero-order chi connectivity index (χ0) is 19.4. The van der Waals surface area contributed by atoms with Crippen LogP contribution in [0.25, 0.3) is 5.57 Å². The van der Waals surface area contributed by atoms with Crippen molar-refractivity contribution in [1.82, 2.24) is 0 Å². The Morgan fingerprint density at radius 3 is 2.67 bits per heavy atom. The van der Waals surface area contributed by atoms with Gasteiger partial charge in [-0.15, -0.1) is 0 Å². The van der Waals surface area contributed by atoms with Crippen molar-refractivity contribution in [3.8, 4) is 0 Å². The molecule has 27 heavy (non-hydrogen) atoms. The highest BCUT2D eigenvalue weighted by Crippen LogP contribution is 2.45. The Balaban J connectivity index is 0.000000481. The molecule has 2 heterocycles. The van der Waals surface area contributed by atoms with Crippen molar-refractivity contribution in [3.63, 3.8) is 0 Å². The molecule has 2 atom stereocenters. The number of carbonyl (C=O) groups is 1. The minimum absolute atomic E-state index is 0.188. The first kappa shape index (κ1) is 19.6. The van der Waals surface area contributed by atoms with Crippen LogP contribution in [0.1, 0.15) is 44.2 Å². The molecule has 1 aromatic carbocycles. The van der Waals surface area contributed by atoms with Gasteiger partial charge in [0.25, 0.3) is 0 Å². The summed E-state index contributed by atoms with van der Waals surface area (Å²) >= 11 is 0. The maximum atomic E-state index is 12.3. The third-order valence-corrected chi connectivity index (χ3v) is 5.69. The van der Waals surface area contributed by atoms with E-state index in [1.54, 1.807) is 14.0 Å². The SMILES string of the molecule is CC(=O)N1c2ccc(C3=CCOCC3)cc2CC(C)[C@@H]1C1CC1.CN=CN. The summed E-state index contributed by atoms with van der Waals surface area (Å²) in [6, 6.07) is 7.06. The normalized spacial score (nSPS) is 24.7. The van der Waals surface area contributed by atoms with Crippen LogP contribution in [0.3, 0.4) is 0 Å². The smallest absolute Gasteiger partial charge is 0.224 e. The summed E-state index contributed by atoms with van der Waals surface area (Å²) in [6.45, 7) is 5.54. The minimum Gasteiger partial charge on any atom is -0.390 e. The van der Waals surface area contributed by atoms with Crippen LogP contribution in [0.15, 0.2) is 29.3 Å². The number of hydrogen-bond acceptors (Lipinski definition) is 3. The fourth-order valence-corrected chi connectivity index (χ4v) is 4.35. The highest BCUT2D eigenvalue weighted by atomic mass is 16.5. The quantitative estimate of drug-likeness (QED) is 0.641. The molecule has 0 bridgehead atoms. The van der Waals surface area contributed by atoms with Crippen LogP contribution in [0, 0.1) is 11.8 Å². The fraction of sp³-hybridized carbons (Fsp3) is 0.545. The largest absolute Gasteiger partial charge is 0.390 e. The summed E-state index contributed by atoms with van der Waals surface area (Å²) in [4.78, 5) is 17.8. The molecule has 5 heteroatoms. The summed E-state index contributed by atoms with van der Waals surface area (Å²) in [5.74, 6) is 1.44. The lowest BCUT2D eigenvalue weighted by atomic mass is 9.83. The van der Waals surface area contributed by atoms with Gasteiger partial charge in [0.1, 0.15) is 0 Å². The van der Waals surface area contributed by atoms with Crippen molar-refractivity contribution in [2.45, 2.75) is 45.6 Å². The van der Waals surface area contributed by atoms with Gasteiger partial charge in [-0.25, -0.2) is 0 Å². The predicted molar refractivity (Wildman–Crippen MR) is 111 cm³/mol. The molecule has 5 nitrogen and oxygen atoms in total. The Morgan fingerprint density at radius 2 is 2.11 bits per heavy atom. The molecule has 1 aliphatic carbocycles. The molecule has 2 aliphatic heterocycles. The zero-order valence-electron chi connectivity index (χ0n) is 16.6. The van der Waals surface area contributed by atoms with Gasteiger partial charge in [0.15, 0.2) is 0 Å². The highest BCUT2D eigenvalue weighted by molar-refractivity contribution is 5.94. The second-order valence-corrected chi connectivity index (χ2v) is 7.70. The average molecular weight is 370 g/mol. The Labute approximate surface area is 162 Å². The lowest BCUT2D eigenvalue weighted by Gasteiger charge is -2.41. The predicted octanol–water partition coefficient (Wildman–Crippen LogP) is 3.42. The summed E-state index contributed by atoms with van der Waals surface area (Å²) in [5.41, 5.74) is 9.89. The van der Waals surface area contributed by atoms with Crippen molar-refractivity contribution in [2.24, 2.45) is 22.6 Å². The van der Waals surface area contributed by atoms with E-state index >= 15 is 0 Å². The highest BCUT2D eigenvalue weighted by Gasteiger charge is 2.43. The molecule has 146 valence electrons. The number of ether oxygens (including phenoxy) is 1. The van der Waals surface area contributed by atoms with Crippen molar-refractivity contribution in [2.75, 3.05) is 25.2 Å². The number of hydrogen-bond donors (Lipinski definition) is 1. The average Bonchev–Trinajstić information content (AvgIpc) is 3.52. The maximum Gasteiger partial charge on any atom is 0.224 e. The van der Waals surface area contributed by atoms with E-state index < -0.39 is 0 Å². The number of aliphatic imine (C=N–C) groups is 1. The molecule has 1 amide bonds. The summed E-state index contributed by atoms with van der Waals surface area (Å²) in [7, 11) is 1.62. The molecular weight excluding hydrogens is 338 g/mol. The first-order valence-corrected chi connectivity index (χ1v) is 9.89. The molecule has 4 rings (SSSR count). The van der Waals surface area contributed by atoms with Crippen molar-refractivity contribution >= 4 is 23.5 Å². The third kappa shape index (κ3) is 4.41. The van der Waals surface area contributed by atoms with Crippen LogP contribution < -0.4 is 10.6 Å². The van der Waals surface area contributed by atoms with Gasteiger partial charge < -0.3 is 15.4 Å². The minimum atomic E-state index is 0.188. The van der Waals surface area contributed by atoms with Gasteiger partial charge >= 0.3 is 0 Å². The molecule has 0 saturated heterocycles. The summed E-state index contributed by atoms with van der Waals surface area (Å²) in [5, 5.41) is 0. The van der Waals surface area contributed by atoms with E-state index in [4.69, 9.17) is 10.5 Å². The molecule has 1 saturated carbocycles. The molecular formula is C22H31N3O2. The number of fused-ring (bicyclic) bond motifs is 1. The van der Waals surface area contributed by atoms with Crippen LogP contribution in [0.2, 0.25) is 0 Å². The number of anilines is 1. The molecule has 1 aromatic rings. The first-order chi connectivity index (χ1) is 13.1. The second kappa shape index (κ2) is 8.70. The molecule has 1 unspecified atom stereocenters. The topological polar surface area (TPSA) is 67.9 Å². The monoisotopic (exact) mass is 369 g/mol. The van der Waals surface area contributed by atoms with E-state index in [0.717, 1.165) is 25.1 Å². The van der Waals surface area contributed by atoms with E-state index in [-0.39, 0.29) is 5.91 Å². The van der Waals surface area contributed by atoms with Gasteiger partial charge in [0, 0.05) is 25.7 Å². The number of nitrogens with two attached hydrogens (primary N) is 1.